The Labute approximate surface area is 151 Å². The second-order valence-corrected chi connectivity index (χ2v) is 6.17. The standard InChI is InChI=1S/C19H21N3O4/c1-26-18-4-2-3-15(13-18)14-19(23)21-11-9-20(10-12-21)16-5-7-17(8-6-16)22(24)25/h2-8,13H,9-12,14H2,1H3. The number of methoxy groups -OCH3 is 1. The maximum Gasteiger partial charge on any atom is 0.269 e. The summed E-state index contributed by atoms with van der Waals surface area (Å²) >= 11 is 0. The van der Waals surface area contributed by atoms with E-state index in [0.717, 1.165) is 17.0 Å². The van der Waals surface area contributed by atoms with Gasteiger partial charge < -0.3 is 14.5 Å². The molecule has 1 saturated heterocycles. The van der Waals surface area contributed by atoms with E-state index in [2.05, 4.69) is 4.90 Å². The minimum Gasteiger partial charge on any atom is -0.497 e. The monoisotopic (exact) mass is 355 g/mol. The van der Waals surface area contributed by atoms with E-state index >= 15 is 0 Å². The third kappa shape index (κ3) is 4.11. The third-order valence-corrected chi connectivity index (χ3v) is 4.55. The summed E-state index contributed by atoms with van der Waals surface area (Å²) in [6.45, 7) is 2.70. The van der Waals surface area contributed by atoms with Crippen molar-refractivity contribution in [2.24, 2.45) is 0 Å². The SMILES string of the molecule is COc1cccc(CC(=O)N2CCN(c3ccc([N+](=O)[O-])cc3)CC2)c1. The average molecular weight is 355 g/mol. The lowest BCUT2D eigenvalue weighted by atomic mass is 10.1. The molecule has 0 N–H and O–H groups in total. The minimum atomic E-state index is -0.404. The van der Waals surface area contributed by atoms with Crippen LogP contribution in [0.4, 0.5) is 11.4 Å². The molecule has 0 spiro atoms. The summed E-state index contributed by atoms with van der Waals surface area (Å²) in [7, 11) is 1.61. The van der Waals surface area contributed by atoms with Crippen molar-refractivity contribution in [3.63, 3.8) is 0 Å². The Balaban J connectivity index is 1.55. The number of non-ortho nitro benzene ring substituents is 1. The second kappa shape index (κ2) is 7.86. The molecule has 136 valence electrons. The third-order valence-electron chi connectivity index (χ3n) is 4.55. The quantitative estimate of drug-likeness (QED) is 0.608. The van der Waals surface area contributed by atoms with Crippen LogP contribution < -0.4 is 9.64 Å². The molecule has 7 nitrogen and oxygen atoms in total. The number of hydrogen-bond donors (Lipinski definition) is 0. The Morgan fingerprint density at radius 1 is 1.12 bits per heavy atom. The van der Waals surface area contributed by atoms with Crippen LogP contribution in [0.2, 0.25) is 0 Å². The molecule has 1 aliphatic heterocycles. The van der Waals surface area contributed by atoms with Crippen molar-refractivity contribution >= 4 is 17.3 Å². The number of piperazine rings is 1. The smallest absolute Gasteiger partial charge is 0.269 e. The summed E-state index contributed by atoms with van der Waals surface area (Å²) in [5.41, 5.74) is 1.96. The molecule has 3 rings (SSSR count). The van der Waals surface area contributed by atoms with Crippen LogP contribution in [0.1, 0.15) is 5.56 Å². The number of carbonyl (C=O) groups is 1. The van der Waals surface area contributed by atoms with Gasteiger partial charge in [0.1, 0.15) is 5.75 Å². The zero-order valence-corrected chi connectivity index (χ0v) is 14.6. The summed E-state index contributed by atoms with van der Waals surface area (Å²) in [5.74, 6) is 0.847. The van der Waals surface area contributed by atoms with Crippen LogP contribution in [0.25, 0.3) is 0 Å². The maximum atomic E-state index is 12.5. The number of ether oxygens (including phenoxy) is 1. The number of hydrogen-bond acceptors (Lipinski definition) is 5. The average Bonchev–Trinajstić information content (AvgIpc) is 2.68. The van der Waals surface area contributed by atoms with Gasteiger partial charge >= 0.3 is 0 Å². The fourth-order valence-electron chi connectivity index (χ4n) is 3.07. The van der Waals surface area contributed by atoms with Gasteiger partial charge in [0.25, 0.3) is 5.69 Å². The van der Waals surface area contributed by atoms with Gasteiger partial charge in [0.2, 0.25) is 5.91 Å². The zero-order valence-electron chi connectivity index (χ0n) is 14.6. The van der Waals surface area contributed by atoms with E-state index in [1.54, 1.807) is 19.2 Å². The van der Waals surface area contributed by atoms with Crippen LogP contribution in [0.15, 0.2) is 48.5 Å². The summed E-state index contributed by atoms with van der Waals surface area (Å²) in [5, 5.41) is 10.7. The molecule has 0 aliphatic carbocycles. The van der Waals surface area contributed by atoms with E-state index in [1.165, 1.54) is 12.1 Å². The van der Waals surface area contributed by atoms with Crippen molar-refractivity contribution in [2.75, 3.05) is 38.2 Å². The van der Waals surface area contributed by atoms with Gasteiger partial charge in [-0.3, -0.25) is 14.9 Å². The van der Waals surface area contributed by atoms with Crippen molar-refractivity contribution in [2.45, 2.75) is 6.42 Å². The highest BCUT2D eigenvalue weighted by atomic mass is 16.6. The fraction of sp³-hybridized carbons (Fsp3) is 0.316. The molecular formula is C19H21N3O4. The number of benzene rings is 2. The molecule has 0 radical (unpaired) electrons. The van der Waals surface area contributed by atoms with E-state index < -0.39 is 4.92 Å². The number of amides is 1. The van der Waals surface area contributed by atoms with Crippen LogP contribution in [0.3, 0.4) is 0 Å². The highest BCUT2D eigenvalue weighted by molar-refractivity contribution is 5.79. The Hall–Kier alpha value is -3.09. The molecule has 7 heteroatoms. The summed E-state index contributed by atoms with van der Waals surface area (Å²) in [6.07, 6.45) is 0.356. The Morgan fingerprint density at radius 2 is 1.81 bits per heavy atom. The van der Waals surface area contributed by atoms with Crippen molar-refractivity contribution in [3.05, 3.63) is 64.2 Å². The molecular weight excluding hydrogens is 334 g/mol. The number of carbonyl (C=O) groups excluding carboxylic acids is 1. The summed E-state index contributed by atoms with van der Waals surface area (Å²) < 4.78 is 5.19. The molecule has 0 bridgehead atoms. The van der Waals surface area contributed by atoms with Gasteiger partial charge in [-0.1, -0.05) is 12.1 Å². The normalized spacial score (nSPS) is 14.2. The molecule has 1 aliphatic rings. The number of nitro benzene ring substituents is 1. The lowest BCUT2D eigenvalue weighted by Gasteiger charge is -2.36. The number of nitro groups is 1. The van der Waals surface area contributed by atoms with Crippen molar-refractivity contribution in [3.8, 4) is 5.75 Å². The van der Waals surface area contributed by atoms with E-state index in [1.807, 2.05) is 29.2 Å². The van der Waals surface area contributed by atoms with Gasteiger partial charge in [0.15, 0.2) is 0 Å². The molecule has 1 amide bonds. The molecule has 0 aromatic heterocycles. The molecule has 0 saturated carbocycles. The Kier molecular flexibility index (Phi) is 5.36. The first kappa shape index (κ1) is 17.7. The minimum absolute atomic E-state index is 0.0841. The van der Waals surface area contributed by atoms with Gasteiger partial charge in [0.05, 0.1) is 18.5 Å². The van der Waals surface area contributed by atoms with Gasteiger partial charge in [-0.25, -0.2) is 0 Å². The Bertz CT molecular complexity index is 784. The fourth-order valence-corrected chi connectivity index (χ4v) is 3.07. The molecule has 2 aromatic rings. The van der Waals surface area contributed by atoms with E-state index in [9.17, 15) is 14.9 Å². The Morgan fingerprint density at radius 3 is 2.42 bits per heavy atom. The second-order valence-electron chi connectivity index (χ2n) is 6.17. The first-order chi connectivity index (χ1) is 12.6. The van der Waals surface area contributed by atoms with Gasteiger partial charge in [-0.05, 0) is 29.8 Å². The molecule has 0 atom stereocenters. The molecule has 1 fully saturated rings. The van der Waals surface area contributed by atoms with Gasteiger partial charge in [-0.15, -0.1) is 0 Å². The van der Waals surface area contributed by atoms with Crippen molar-refractivity contribution in [1.82, 2.24) is 4.90 Å². The lowest BCUT2D eigenvalue weighted by Crippen LogP contribution is -2.49. The van der Waals surface area contributed by atoms with Crippen LogP contribution >= 0.6 is 0 Å². The number of anilines is 1. The predicted molar refractivity (Wildman–Crippen MR) is 98.6 cm³/mol. The van der Waals surface area contributed by atoms with Crippen LogP contribution in [-0.2, 0) is 11.2 Å². The number of rotatable bonds is 5. The van der Waals surface area contributed by atoms with E-state index in [-0.39, 0.29) is 11.6 Å². The first-order valence-corrected chi connectivity index (χ1v) is 8.47. The molecule has 0 unspecified atom stereocenters. The highest BCUT2D eigenvalue weighted by Crippen LogP contribution is 2.21. The first-order valence-electron chi connectivity index (χ1n) is 8.47. The maximum absolute atomic E-state index is 12.5. The van der Waals surface area contributed by atoms with Crippen molar-refractivity contribution < 1.29 is 14.5 Å². The van der Waals surface area contributed by atoms with Gasteiger partial charge in [0, 0.05) is 44.0 Å². The van der Waals surface area contributed by atoms with E-state index in [0.29, 0.717) is 32.6 Å². The number of nitrogens with zero attached hydrogens (tertiary/aromatic N) is 3. The largest absolute Gasteiger partial charge is 0.497 e. The topological polar surface area (TPSA) is 75.9 Å². The summed E-state index contributed by atoms with van der Waals surface area (Å²) in [4.78, 5) is 26.9. The molecule has 1 heterocycles. The van der Waals surface area contributed by atoms with Gasteiger partial charge in [-0.2, -0.15) is 0 Å². The lowest BCUT2D eigenvalue weighted by molar-refractivity contribution is -0.384. The van der Waals surface area contributed by atoms with Crippen molar-refractivity contribution in [1.29, 1.82) is 0 Å². The van der Waals surface area contributed by atoms with Crippen LogP contribution in [0.5, 0.6) is 5.75 Å². The van der Waals surface area contributed by atoms with Crippen LogP contribution in [0, 0.1) is 10.1 Å². The molecule has 2 aromatic carbocycles. The predicted octanol–water partition coefficient (Wildman–Crippen LogP) is 2.49. The molecule has 26 heavy (non-hydrogen) atoms. The van der Waals surface area contributed by atoms with E-state index in [4.69, 9.17) is 4.74 Å². The summed E-state index contributed by atoms with van der Waals surface area (Å²) in [6, 6.07) is 14.1. The zero-order chi connectivity index (χ0) is 18.5. The highest BCUT2D eigenvalue weighted by Gasteiger charge is 2.21. The van der Waals surface area contributed by atoms with Crippen LogP contribution in [-0.4, -0.2) is 49.0 Å².